The summed E-state index contributed by atoms with van der Waals surface area (Å²) in [6, 6.07) is 6.43. The zero-order chi connectivity index (χ0) is 24.8. The van der Waals surface area contributed by atoms with Crippen LogP contribution in [0.4, 0.5) is 13.2 Å². The molecule has 2 aromatic heterocycles. The molecule has 0 radical (unpaired) electrons. The largest absolute Gasteiger partial charge is 0.404 e. The zero-order valence-corrected chi connectivity index (χ0v) is 20.0. The molecule has 0 aliphatic heterocycles. The van der Waals surface area contributed by atoms with Crippen molar-refractivity contribution in [3.8, 4) is 17.5 Å². The molecule has 1 aromatic carbocycles. The molecule has 1 aliphatic carbocycles. The fourth-order valence-corrected chi connectivity index (χ4v) is 5.72. The zero-order valence-electron chi connectivity index (χ0n) is 18.4. The number of sulfonamides is 1. The minimum absolute atomic E-state index is 0.123. The van der Waals surface area contributed by atoms with E-state index in [1.54, 1.807) is 4.72 Å². The Morgan fingerprint density at radius 2 is 1.94 bits per heavy atom. The number of aromatic nitrogens is 2. The summed E-state index contributed by atoms with van der Waals surface area (Å²) in [6.07, 6.45) is 0.204. The number of rotatable bonds is 5. The fraction of sp³-hybridized carbons (Fsp3) is 0.391. The lowest BCUT2D eigenvalue weighted by Gasteiger charge is -2.19. The lowest BCUT2D eigenvalue weighted by molar-refractivity contribution is -0.147. The van der Waals surface area contributed by atoms with Gasteiger partial charge in [0.1, 0.15) is 17.0 Å². The predicted octanol–water partition coefficient (Wildman–Crippen LogP) is 5.88. The topological polar surface area (TPSA) is 87.8 Å². The van der Waals surface area contributed by atoms with Crippen LogP contribution in [0.25, 0.3) is 22.3 Å². The van der Waals surface area contributed by atoms with Crippen molar-refractivity contribution in [2.45, 2.75) is 62.7 Å². The second-order valence-electron chi connectivity index (χ2n) is 8.53. The summed E-state index contributed by atoms with van der Waals surface area (Å²) >= 11 is 6.40. The van der Waals surface area contributed by atoms with Gasteiger partial charge in [-0.15, -0.1) is 0 Å². The maximum Gasteiger partial charge on any atom is 0.404 e. The van der Waals surface area contributed by atoms with Crippen LogP contribution in [0.3, 0.4) is 0 Å². The minimum Gasteiger partial charge on any atom is -0.335 e. The van der Waals surface area contributed by atoms with Crippen LogP contribution < -0.4 is 4.72 Å². The molecule has 4 rings (SSSR count). The van der Waals surface area contributed by atoms with Crippen LogP contribution in [-0.4, -0.2) is 30.2 Å². The number of halogens is 4. The normalized spacial score (nSPS) is 16.1. The van der Waals surface area contributed by atoms with E-state index in [2.05, 4.69) is 11.1 Å². The molecule has 3 aromatic rings. The van der Waals surface area contributed by atoms with Crippen LogP contribution in [0.15, 0.2) is 35.4 Å². The summed E-state index contributed by atoms with van der Waals surface area (Å²) in [6.45, 7) is 2.58. The highest BCUT2D eigenvalue weighted by atomic mass is 35.5. The van der Waals surface area contributed by atoms with Crippen molar-refractivity contribution in [1.82, 2.24) is 14.3 Å². The lowest BCUT2D eigenvalue weighted by atomic mass is 10.1. The van der Waals surface area contributed by atoms with Crippen LogP contribution >= 0.6 is 11.6 Å². The molecule has 2 heterocycles. The molecule has 1 fully saturated rings. The Hall–Kier alpha value is -2.61. The molecule has 1 saturated carbocycles. The third kappa shape index (κ3) is 4.40. The van der Waals surface area contributed by atoms with Crippen LogP contribution in [0.5, 0.6) is 0 Å². The molecule has 6 nitrogen and oxygen atoms in total. The Morgan fingerprint density at radius 3 is 2.50 bits per heavy atom. The number of alkyl halides is 3. The summed E-state index contributed by atoms with van der Waals surface area (Å²) in [5.74, 6) is 0. The molecule has 1 aliphatic rings. The number of nitriles is 1. The van der Waals surface area contributed by atoms with Crippen LogP contribution in [0.1, 0.15) is 49.8 Å². The second kappa shape index (κ2) is 8.87. The second-order valence-corrected chi connectivity index (χ2v) is 10.6. The molecule has 34 heavy (non-hydrogen) atoms. The van der Waals surface area contributed by atoms with Gasteiger partial charge in [-0.25, -0.2) is 8.42 Å². The lowest BCUT2D eigenvalue weighted by Crippen LogP contribution is -2.42. The van der Waals surface area contributed by atoms with Crippen LogP contribution in [0, 0.1) is 18.3 Å². The summed E-state index contributed by atoms with van der Waals surface area (Å²) < 4.78 is 67.0. The molecule has 0 spiro atoms. The van der Waals surface area contributed by atoms with Gasteiger partial charge in [0, 0.05) is 22.6 Å². The first kappa shape index (κ1) is 24.5. The quantitative estimate of drug-likeness (QED) is 0.464. The van der Waals surface area contributed by atoms with E-state index in [4.69, 9.17) is 11.6 Å². The number of nitrogens with zero attached hydrogens (tertiary/aromatic N) is 3. The predicted molar refractivity (Wildman–Crippen MR) is 123 cm³/mol. The highest BCUT2D eigenvalue weighted by Gasteiger charge is 2.39. The highest BCUT2D eigenvalue weighted by Crippen LogP contribution is 2.42. The fourth-order valence-electron chi connectivity index (χ4n) is 4.39. The SMILES string of the molecule is Cc1cc2c(C#N)c(-c3ccc(S(=O)(=O)NC(C)C(F)(F)F)cn3)n(C3CCCC3)c2cc1Cl. The van der Waals surface area contributed by atoms with Crippen molar-refractivity contribution in [3.05, 3.63) is 46.6 Å². The average molecular weight is 511 g/mol. The Balaban J connectivity index is 1.84. The van der Waals surface area contributed by atoms with Crippen molar-refractivity contribution < 1.29 is 21.6 Å². The van der Waals surface area contributed by atoms with E-state index in [9.17, 15) is 26.9 Å². The van der Waals surface area contributed by atoms with Crippen molar-refractivity contribution >= 4 is 32.5 Å². The van der Waals surface area contributed by atoms with E-state index in [-0.39, 0.29) is 6.04 Å². The number of pyridine rings is 1. The molecular weight excluding hydrogens is 489 g/mol. The van der Waals surface area contributed by atoms with Gasteiger partial charge in [-0.1, -0.05) is 24.4 Å². The van der Waals surface area contributed by atoms with E-state index in [0.717, 1.165) is 55.3 Å². The minimum atomic E-state index is -4.72. The van der Waals surface area contributed by atoms with Gasteiger partial charge in [-0.05, 0) is 56.5 Å². The van der Waals surface area contributed by atoms with Crippen LogP contribution in [0.2, 0.25) is 5.02 Å². The van der Waals surface area contributed by atoms with E-state index >= 15 is 0 Å². The van der Waals surface area contributed by atoms with Crippen molar-refractivity contribution in [1.29, 1.82) is 5.26 Å². The van der Waals surface area contributed by atoms with Crippen LogP contribution in [-0.2, 0) is 10.0 Å². The van der Waals surface area contributed by atoms with Gasteiger partial charge < -0.3 is 4.57 Å². The molecule has 0 bridgehead atoms. The van der Waals surface area contributed by atoms with Gasteiger partial charge in [0.05, 0.1) is 22.5 Å². The highest BCUT2D eigenvalue weighted by molar-refractivity contribution is 7.89. The molecule has 180 valence electrons. The molecule has 0 saturated heterocycles. The summed E-state index contributed by atoms with van der Waals surface area (Å²) in [7, 11) is -4.44. The summed E-state index contributed by atoms with van der Waals surface area (Å²) in [5.41, 5.74) is 2.92. The molecule has 1 unspecified atom stereocenters. The monoisotopic (exact) mass is 510 g/mol. The van der Waals surface area contributed by atoms with Gasteiger partial charge in [0.25, 0.3) is 0 Å². The standard InChI is InChI=1S/C23H22ClF3N4O2S/c1-13-9-17-18(11-28)22(31(15-5-3-4-6-15)21(17)10-19(13)24)20-8-7-16(12-29-20)34(32,33)30-14(2)23(25,26)27/h7-10,12,14-15,30H,3-6H2,1-2H3. The molecule has 1 atom stereocenters. The van der Waals surface area contributed by atoms with Gasteiger partial charge in [-0.3, -0.25) is 4.98 Å². The average Bonchev–Trinajstić information content (AvgIpc) is 3.39. The Kier molecular flexibility index (Phi) is 6.40. The number of nitrogens with one attached hydrogen (secondary N) is 1. The maximum absolute atomic E-state index is 12.8. The Morgan fingerprint density at radius 1 is 1.26 bits per heavy atom. The van der Waals surface area contributed by atoms with E-state index in [0.29, 0.717) is 22.0 Å². The van der Waals surface area contributed by atoms with Crippen molar-refractivity contribution in [3.63, 3.8) is 0 Å². The first-order valence-corrected chi connectivity index (χ1v) is 12.6. The first-order chi connectivity index (χ1) is 15.9. The first-order valence-electron chi connectivity index (χ1n) is 10.7. The maximum atomic E-state index is 12.8. The Labute approximate surface area is 200 Å². The molecule has 1 N–H and O–H groups in total. The number of aryl methyl sites for hydroxylation is 1. The number of benzene rings is 1. The Bertz CT molecular complexity index is 1390. The number of hydrogen-bond donors (Lipinski definition) is 1. The molecule has 11 heteroatoms. The third-order valence-electron chi connectivity index (χ3n) is 6.20. The number of fused-ring (bicyclic) bond motifs is 1. The summed E-state index contributed by atoms with van der Waals surface area (Å²) in [4.78, 5) is 3.87. The van der Waals surface area contributed by atoms with Gasteiger partial charge in [0.15, 0.2) is 0 Å². The summed E-state index contributed by atoms with van der Waals surface area (Å²) in [5, 5.41) is 11.3. The molecular formula is C23H22ClF3N4O2S. The smallest absolute Gasteiger partial charge is 0.335 e. The van der Waals surface area contributed by atoms with E-state index in [1.165, 1.54) is 12.1 Å². The molecule has 0 amide bonds. The number of hydrogen-bond acceptors (Lipinski definition) is 4. The van der Waals surface area contributed by atoms with Gasteiger partial charge >= 0.3 is 6.18 Å². The van der Waals surface area contributed by atoms with E-state index < -0.39 is 27.1 Å². The van der Waals surface area contributed by atoms with Crippen molar-refractivity contribution in [2.75, 3.05) is 0 Å². The van der Waals surface area contributed by atoms with Gasteiger partial charge in [-0.2, -0.15) is 23.2 Å². The third-order valence-corrected chi connectivity index (χ3v) is 8.13. The van der Waals surface area contributed by atoms with Crippen molar-refractivity contribution in [2.24, 2.45) is 0 Å². The van der Waals surface area contributed by atoms with Gasteiger partial charge in [0.2, 0.25) is 10.0 Å². The van der Waals surface area contributed by atoms with E-state index in [1.807, 2.05) is 23.6 Å².